The second kappa shape index (κ2) is 8.99. The molecular weight excluding hydrogens is 488 g/mol. The SMILES string of the molecule is O=C(CSc1nc2ccccc2c(=O)n1-c1ccc(F)cc1F)Nc1cccc(Br)c1. The fourth-order valence-electron chi connectivity index (χ4n) is 2.98. The quantitative estimate of drug-likeness (QED) is 0.303. The molecule has 1 aromatic heterocycles. The van der Waals surface area contributed by atoms with Crippen LogP contribution < -0.4 is 10.9 Å². The van der Waals surface area contributed by atoms with Crippen LogP contribution in [0.5, 0.6) is 0 Å². The number of anilines is 1. The van der Waals surface area contributed by atoms with E-state index in [2.05, 4.69) is 26.2 Å². The van der Waals surface area contributed by atoms with Crippen LogP contribution in [-0.2, 0) is 4.79 Å². The van der Waals surface area contributed by atoms with Gasteiger partial charge in [-0.1, -0.05) is 45.9 Å². The van der Waals surface area contributed by atoms with E-state index >= 15 is 0 Å². The molecule has 156 valence electrons. The lowest BCUT2D eigenvalue weighted by Gasteiger charge is -2.14. The van der Waals surface area contributed by atoms with Crippen molar-refractivity contribution in [2.24, 2.45) is 0 Å². The molecule has 4 aromatic rings. The van der Waals surface area contributed by atoms with Crippen molar-refractivity contribution < 1.29 is 13.6 Å². The summed E-state index contributed by atoms with van der Waals surface area (Å²) < 4.78 is 29.8. The molecule has 1 amide bonds. The first-order valence-electron chi connectivity index (χ1n) is 9.08. The van der Waals surface area contributed by atoms with Crippen molar-refractivity contribution >= 4 is 50.2 Å². The fraction of sp³-hybridized carbons (Fsp3) is 0.0455. The summed E-state index contributed by atoms with van der Waals surface area (Å²) in [4.78, 5) is 30.0. The number of benzene rings is 3. The minimum atomic E-state index is -0.903. The van der Waals surface area contributed by atoms with Gasteiger partial charge in [0.2, 0.25) is 5.91 Å². The van der Waals surface area contributed by atoms with E-state index in [0.29, 0.717) is 17.3 Å². The lowest BCUT2D eigenvalue weighted by molar-refractivity contribution is -0.113. The van der Waals surface area contributed by atoms with Gasteiger partial charge in [-0.25, -0.2) is 13.8 Å². The van der Waals surface area contributed by atoms with E-state index in [1.807, 2.05) is 6.07 Å². The molecule has 0 bridgehead atoms. The number of carbonyl (C=O) groups is 1. The van der Waals surface area contributed by atoms with E-state index in [9.17, 15) is 18.4 Å². The van der Waals surface area contributed by atoms with Gasteiger partial charge in [0.25, 0.3) is 5.56 Å². The fourth-order valence-corrected chi connectivity index (χ4v) is 4.18. The number of para-hydroxylation sites is 1. The zero-order valence-corrected chi connectivity index (χ0v) is 18.2. The van der Waals surface area contributed by atoms with Crippen molar-refractivity contribution in [3.05, 3.63) is 93.2 Å². The average molecular weight is 502 g/mol. The Bertz CT molecular complexity index is 1360. The van der Waals surface area contributed by atoms with Crippen LogP contribution in [0.15, 0.2) is 81.2 Å². The minimum absolute atomic E-state index is 0.0693. The number of aromatic nitrogens is 2. The molecule has 4 rings (SSSR count). The van der Waals surface area contributed by atoms with E-state index < -0.39 is 17.2 Å². The van der Waals surface area contributed by atoms with E-state index in [-0.39, 0.29) is 27.9 Å². The van der Waals surface area contributed by atoms with Gasteiger partial charge in [-0.2, -0.15) is 0 Å². The van der Waals surface area contributed by atoms with Crippen LogP contribution in [0.25, 0.3) is 16.6 Å². The molecular formula is C22H14BrF2N3O2S. The first kappa shape index (κ1) is 21.2. The summed E-state index contributed by atoms with van der Waals surface area (Å²) in [6, 6.07) is 16.7. The number of halogens is 3. The number of rotatable bonds is 5. The largest absolute Gasteiger partial charge is 0.325 e. The first-order chi connectivity index (χ1) is 14.9. The summed E-state index contributed by atoms with van der Waals surface area (Å²) in [7, 11) is 0. The number of nitrogens with zero attached hydrogens (tertiary/aromatic N) is 2. The Morgan fingerprint density at radius 2 is 1.87 bits per heavy atom. The Balaban J connectivity index is 1.70. The number of carbonyl (C=O) groups excluding carboxylic acids is 1. The van der Waals surface area contributed by atoms with Crippen LogP contribution in [0, 0.1) is 11.6 Å². The van der Waals surface area contributed by atoms with Gasteiger partial charge in [0.15, 0.2) is 5.16 Å². The maximum atomic E-state index is 14.5. The molecule has 0 saturated carbocycles. The average Bonchev–Trinajstić information content (AvgIpc) is 2.73. The zero-order chi connectivity index (χ0) is 22.0. The van der Waals surface area contributed by atoms with E-state index in [0.717, 1.165) is 26.9 Å². The summed E-state index contributed by atoms with van der Waals surface area (Å²) in [5.74, 6) is -2.05. The highest BCUT2D eigenvalue weighted by atomic mass is 79.9. The van der Waals surface area contributed by atoms with Gasteiger partial charge in [-0.15, -0.1) is 0 Å². The lowest BCUT2D eigenvalue weighted by Crippen LogP contribution is -2.23. The maximum absolute atomic E-state index is 14.5. The minimum Gasteiger partial charge on any atom is -0.325 e. The second-order valence-electron chi connectivity index (χ2n) is 6.50. The number of thioether (sulfide) groups is 1. The van der Waals surface area contributed by atoms with E-state index in [4.69, 9.17) is 0 Å². The second-order valence-corrected chi connectivity index (χ2v) is 8.35. The predicted molar refractivity (Wildman–Crippen MR) is 121 cm³/mol. The third-order valence-electron chi connectivity index (χ3n) is 4.34. The van der Waals surface area contributed by atoms with Crippen LogP contribution in [0.4, 0.5) is 14.5 Å². The number of hydrogen-bond acceptors (Lipinski definition) is 4. The lowest BCUT2D eigenvalue weighted by atomic mass is 10.2. The molecule has 0 saturated heterocycles. The molecule has 0 spiro atoms. The number of fused-ring (bicyclic) bond motifs is 1. The molecule has 5 nitrogen and oxygen atoms in total. The molecule has 1 N–H and O–H groups in total. The third kappa shape index (κ3) is 4.67. The van der Waals surface area contributed by atoms with Gasteiger partial charge in [0.05, 0.1) is 22.3 Å². The van der Waals surface area contributed by atoms with Crippen LogP contribution in [0.2, 0.25) is 0 Å². The molecule has 9 heteroatoms. The summed E-state index contributed by atoms with van der Waals surface area (Å²) in [6.45, 7) is 0. The Morgan fingerprint density at radius 1 is 1.06 bits per heavy atom. The monoisotopic (exact) mass is 501 g/mol. The summed E-state index contributed by atoms with van der Waals surface area (Å²) >= 11 is 4.32. The van der Waals surface area contributed by atoms with Crippen LogP contribution in [0.3, 0.4) is 0 Å². The van der Waals surface area contributed by atoms with Crippen LogP contribution in [-0.4, -0.2) is 21.2 Å². The first-order valence-corrected chi connectivity index (χ1v) is 10.9. The third-order valence-corrected chi connectivity index (χ3v) is 5.77. The van der Waals surface area contributed by atoms with Gasteiger partial charge in [0.1, 0.15) is 11.6 Å². The van der Waals surface area contributed by atoms with Crippen molar-refractivity contribution in [2.45, 2.75) is 5.16 Å². The van der Waals surface area contributed by atoms with Crippen molar-refractivity contribution in [1.82, 2.24) is 9.55 Å². The van der Waals surface area contributed by atoms with Crippen LogP contribution in [0.1, 0.15) is 0 Å². The molecule has 0 aliphatic rings. The molecule has 0 radical (unpaired) electrons. The molecule has 1 heterocycles. The van der Waals surface area contributed by atoms with Gasteiger partial charge in [-0.05, 0) is 42.5 Å². The van der Waals surface area contributed by atoms with Crippen molar-refractivity contribution in [1.29, 1.82) is 0 Å². The Kier molecular flexibility index (Phi) is 6.15. The molecule has 31 heavy (non-hydrogen) atoms. The maximum Gasteiger partial charge on any atom is 0.266 e. The Hall–Kier alpha value is -3.04. The predicted octanol–water partition coefficient (Wildman–Crippen LogP) is 5.16. The highest BCUT2D eigenvalue weighted by Gasteiger charge is 2.17. The van der Waals surface area contributed by atoms with Gasteiger partial charge in [0, 0.05) is 16.2 Å². The molecule has 3 aromatic carbocycles. The summed E-state index contributed by atoms with van der Waals surface area (Å²) in [5.41, 5.74) is 0.375. The Morgan fingerprint density at radius 3 is 2.65 bits per heavy atom. The van der Waals surface area contributed by atoms with Crippen LogP contribution >= 0.6 is 27.7 Å². The normalized spacial score (nSPS) is 10.9. The number of amides is 1. The standard InChI is InChI=1S/C22H14BrF2N3O2S/c23-13-4-3-5-15(10-13)26-20(29)12-31-22-27-18-7-2-1-6-16(18)21(30)28(22)19-9-8-14(24)11-17(19)25/h1-11H,12H2,(H,26,29). The Labute approximate surface area is 188 Å². The zero-order valence-electron chi connectivity index (χ0n) is 15.8. The number of hydrogen-bond donors (Lipinski definition) is 1. The van der Waals surface area contributed by atoms with Crippen molar-refractivity contribution in [2.75, 3.05) is 11.1 Å². The molecule has 0 unspecified atom stereocenters. The highest BCUT2D eigenvalue weighted by Crippen LogP contribution is 2.24. The molecule has 0 aliphatic heterocycles. The molecule has 0 atom stereocenters. The van der Waals surface area contributed by atoms with Gasteiger partial charge < -0.3 is 5.32 Å². The topological polar surface area (TPSA) is 64.0 Å². The van der Waals surface area contributed by atoms with Crippen molar-refractivity contribution in [3.8, 4) is 5.69 Å². The van der Waals surface area contributed by atoms with E-state index in [1.165, 1.54) is 6.07 Å². The van der Waals surface area contributed by atoms with Crippen molar-refractivity contribution in [3.63, 3.8) is 0 Å². The smallest absolute Gasteiger partial charge is 0.266 e. The highest BCUT2D eigenvalue weighted by molar-refractivity contribution is 9.10. The summed E-state index contributed by atoms with van der Waals surface area (Å²) in [6.07, 6.45) is 0. The number of nitrogens with one attached hydrogen (secondary N) is 1. The molecule has 0 fully saturated rings. The summed E-state index contributed by atoms with van der Waals surface area (Å²) in [5, 5.41) is 3.16. The van der Waals surface area contributed by atoms with Gasteiger partial charge >= 0.3 is 0 Å². The van der Waals surface area contributed by atoms with E-state index in [1.54, 1.807) is 42.5 Å². The molecule has 0 aliphatic carbocycles. The van der Waals surface area contributed by atoms with Gasteiger partial charge in [-0.3, -0.25) is 14.2 Å².